The fourth-order valence-electron chi connectivity index (χ4n) is 4.49. The number of piperidine rings is 1. The Kier molecular flexibility index (Phi) is 6.59. The van der Waals surface area contributed by atoms with E-state index in [4.69, 9.17) is 25.8 Å². The van der Waals surface area contributed by atoms with Gasteiger partial charge in [-0.3, -0.25) is 4.57 Å². The summed E-state index contributed by atoms with van der Waals surface area (Å²) < 4.78 is 19.4. The Morgan fingerprint density at radius 3 is 2.87 bits per heavy atom. The molecule has 0 amide bonds. The van der Waals surface area contributed by atoms with Gasteiger partial charge in [0, 0.05) is 41.6 Å². The number of rotatable bonds is 6. The summed E-state index contributed by atoms with van der Waals surface area (Å²) in [6, 6.07) is 3.89. The van der Waals surface area contributed by atoms with Crippen molar-refractivity contribution in [3.8, 4) is 5.75 Å². The first-order valence-electron chi connectivity index (χ1n) is 11.1. The van der Waals surface area contributed by atoms with E-state index in [2.05, 4.69) is 26.6 Å². The predicted octanol–water partition coefficient (Wildman–Crippen LogP) is 4.51. The molecular formula is C22H29ClN4O3S. The zero-order valence-corrected chi connectivity index (χ0v) is 19.5. The summed E-state index contributed by atoms with van der Waals surface area (Å²) in [6.07, 6.45) is 4.85. The van der Waals surface area contributed by atoms with Crippen LogP contribution in [0.25, 0.3) is 0 Å². The van der Waals surface area contributed by atoms with Crippen molar-refractivity contribution in [2.24, 2.45) is 5.92 Å². The first-order valence-corrected chi connectivity index (χ1v) is 12.5. The van der Waals surface area contributed by atoms with Crippen LogP contribution in [0.3, 0.4) is 0 Å². The van der Waals surface area contributed by atoms with Gasteiger partial charge in [0.2, 0.25) is 5.95 Å². The molecule has 2 saturated heterocycles. The van der Waals surface area contributed by atoms with Gasteiger partial charge in [-0.05, 0) is 43.7 Å². The molecular weight excluding hydrogens is 436 g/mol. The smallest absolute Gasteiger partial charge is 0.228 e. The van der Waals surface area contributed by atoms with Crippen molar-refractivity contribution in [3.63, 3.8) is 0 Å². The molecule has 3 aliphatic heterocycles. The van der Waals surface area contributed by atoms with Crippen molar-refractivity contribution < 1.29 is 14.2 Å². The second-order valence-electron chi connectivity index (χ2n) is 8.65. The number of benzene rings is 1. The molecule has 0 unspecified atom stereocenters. The topological polar surface area (TPSA) is 61.6 Å². The number of aromatic nitrogens is 3. The average Bonchev–Trinajstić information content (AvgIpc) is 3.43. The first kappa shape index (κ1) is 21.4. The molecule has 3 aliphatic rings. The third-order valence-corrected chi connectivity index (χ3v) is 7.52. The Morgan fingerprint density at radius 2 is 2.06 bits per heavy atom. The quantitative estimate of drug-likeness (QED) is 0.583. The Labute approximate surface area is 192 Å². The van der Waals surface area contributed by atoms with Gasteiger partial charge < -0.3 is 19.1 Å². The standard InChI is InChI=1S/C22H29ClN4O3S/c1-15-4-6-26(7-5-15)21-24-25-22(27(21)11-19-3-2-8-29-19)31-13-17-10-18(23)9-16-12-28-14-30-20(16)17/h9-10,15,19H,2-8,11-14H2,1H3/t19-/m1/s1. The molecule has 1 aromatic heterocycles. The minimum absolute atomic E-state index is 0.234. The summed E-state index contributed by atoms with van der Waals surface area (Å²) in [4.78, 5) is 2.38. The Balaban J connectivity index is 1.38. The van der Waals surface area contributed by atoms with E-state index in [1.54, 1.807) is 11.8 Å². The van der Waals surface area contributed by atoms with E-state index in [0.717, 1.165) is 73.0 Å². The molecule has 0 saturated carbocycles. The van der Waals surface area contributed by atoms with Gasteiger partial charge in [-0.15, -0.1) is 10.2 Å². The lowest BCUT2D eigenvalue weighted by atomic mass is 10.00. The van der Waals surface area contributed by atoms with E-state index in [1.165, 1.54) is 12.8 Å². The number of fused-ring (bicyclic) bond motifs is 1. The molecule has 31 heavy (non-hydrogen) atoms. The maximum Gasteiger partial charge on any atom is 0.228 e. The molecule has 0 aliphatic carbocycles. The van der Waals surface area contributed by atoms with Crippen molar-refractivity contribution in [2.45, 2.75) is 62.8 Å². The molecule has 168 valence electrons. The highest BCUT2D eigenvalue weighted by molar-refractivity contribution is 7.98. The normalized spacial score (nSPS) is 21.9. The van der Waals surface area contributed by atoms with E-state index in [-0.39, 0.29) is 12.9 Å². The molecule has 1 atom stereocenters. The largest absolute Gasteiger partial charge is 0.467 e. The van der Waals surface area contributed by atoms with Crippen molar-refractivity contribution in [1.82, 2.24) is 14.8 Å². The van der Waals surface area contributed by atoms with E-state index in [0.29, 0.717) is 17.4 Å². The molecule has 1 aromatic carbocycles. The van der Waals surface area contributed by atoms with Crippen LogP contribution < -0.4 is 9.64 Å². The molecule has 0 N–H and O–H groups in total. The van der Waals surface area contributed by atoms with Crippen LogP contribution in [0.2, 0.25) is 5.02 Å². The highest BCUT2D eigenvalue weighted by Gasteiger charge is 2.26. The van der Waals surface area contributed by atoms with Crippen molar-refractivity contribution >= 4 is 29.3 Å². The maximum absolute atomic E-state index is 6.35. The van der Waals surface area contributed by atoms with Crippen LogP contribution in [0.15, 0.2) is 17.3 Å². The second kappa shape index (κ2) is 9.57. The number of halogens is 1. The van der Waals surface area contributed by atoms with Crippen LogP contribution in [0.1, 0.15) is 43.7 Å². The molecule has 2 fully saturated rings. The summed E-state index contributed by atoms with van der Waals surface area (Å²) >= 11 is 8.03. The lowest BCUT2D eigenvalue weighted by molar-refractivity contribution is -0.0168. The lowest BCUT2D eigenvalue weighted by Crippen LogP contribution is -2.35. The van der Waals surface area contributed by atoms with Crippen molar-refractivity contribution in [3.05, 3.63) is 28.3 Å². The number of hydrogen-bond acceptors (Lipinski definition) is 7. The number of thioether (sulfide) groups is 1. The van der Waals surface area contributed by atoms with Gasteiger partial charge in [-0.2, -0.15) is 0 Å². The lowest BCUT2D eigenvalue weighted by Gasteiger charge is -2.31. The minimum Gasteiger partial charge on any atom is -0.467 e. The van der Waals surface area contributed by atoms with Crippen molar-refractivity contribution in [1.29, 1.82) is 0 Å². The molecule has 0 spiro atoms. The zero-order valence-electron chi connectivity index (χ0n) is 17.9. The molecule has 9 heteroatoms. The molecule has 7 nitrogen and oxygen atoms in total. The average molecular weight is 465 g/mol. The summed E-state index contributed by atoms with van der Waals surface area (Å²) in [6.45, 7) is 6.85. The monoisotopic (exact) mass is 464 g/mol. The third-order valence-electron chi connectivity index (χ3n) is 6.28. The SMILES string of the molecule is CC1CCN(c2nnc(SCc3cc(Cl)cc4c3OCOC4)n2C[C@H]2CCCO2)CC1. The van der Waals surface area contributed by atoms with Crippen molar-refractivity contribution in [2.75, 3.05) is 31.4 Å². The van der Waals surface area contributed by atoms with Gasteiger partial charge in [0.1, 0.15) is 5.75 Å². The Bertz CT molecular complexity index is 910. The van der Waals surface area contributed by atoms with Crippen LogP contribution >= 0.6 is 23.4 Å². The van der Waals surface area contributed by atoms with Gasteiger partial charge >= 0.3 is 0 Å². The summed E-state index contributed by atoms with van der Waals surface area (Å²) in [5.41, 5.74) is 2.06. The van der Waals surface area contributed by atoms with Crippen LogP contribution in [-0.4, -0.2) is 47.4 Å². The van der Waals surface area contributed by atoms with E-state index >= 15 is 0 Å². The summed E-state index contributed by atoms with van der Waals surface area (Å²) in [7, 11) is 0. The van der Waals surface area contributed by atoms with Crippen LogP contribution in [0, 0.1) is 5.92 Å². The van der Waals surface area contributed by atoms with Gasteiger partial charge in [-0.25, -0.2) is 0 Å². The van der Waals surface area contributed by atoms with Gasteiger partial charge in [-0.1, -0.05) is 30.3 Å². The predicted molar refractivity (Wildman–Crippen MR) is 121 cm³/mol. The summed E-state index contributed by atoms with van der Waals surface area (Å²) in [5.74, 6) is 3.35. The Hall–Kier alpha value is -1.48. The Morgan fingerprint density at radius 1 is 1.19 bits per heavy atom. The third kappa shape index (κ3) is 4.82. The fourth-order valence-corrected chi connectivity index (χ4v) is 5.66. The van der Waals surface area contributed by atoms with Crippen LogP contribution in [0.5, 0.6) is 5.75 Å². The number of anilines is 1. The molecule has 0 radical (unpaired) electrons. The van der Waals surface area contributed by atoms with E-state index in [9.17, 15) is 0 Å². The number of ether oxygens (including phenoxy) is 3. The highest BCUT2D eigenvalue weighted by Crippen LogP contribution is 2.36. The van der Waals surface area contributed by atoms with Gasteiger partial charge in [0.05, 0.1) is 19.3 Å². The maximum atomic E-state index is 6.35. The van der Waals surface area contributed by atoms with Crippen LogP contribution in [0.4, 0.5) is 5.95 Å². The highest BCUT2D eigenvalue weighted by atomic mass is 35.5. The molecule has 2 aromatic rings. The number of hydrogen-bond donors (Lipinski definition) is 0. The fraction of sp³-hybridized carbons (Fsp3) is 0.636. The van der Waals surface area contributed by atoms with Crippen LogP contribution in [-0.2, 0) is 28.4 Å². The van der Waals surface area contributed by atoms with Gasteiger partial charge in [0.15, 0.2) is 11.9 Å². The summed E-state index contributed by atoms with van der Waals surface area (Å²) in [5, 5.41) is 10.8. The number of nitrogens with zero attached hydrogens (tertiary/aromatic N) is 4. The van der Waals surface area contributed by atoms with E-state index in [1.807, 2.05) is 12.1 Å². The molecule has 0 bridgehead atoms. The second-order valence-corrected chi connectivity index (χ2v) is 10.0. The minimum atomic E-state index is 0.234. The molecule has 5 rings (SSSR count). The van der Waals surface area contributed by atoms with E-state index < -0.39 is 0 Å². The van der Waals surface area contributed by atoms with Gasteiger partial charge in [0.25, 0.3) is 0 Å². The molecule has 4 heterocycles. The zero-order chi connectivity index (χ0) is 21.2. The first-order chi connectivity index (χ1) is 15.2.